The van der Waals surface area contributed by atoms with Crippen LogP contribution < -0.4 is 4.90 Å². The molecule has 0 bridgehead atoms. The lowest BCUT2D eigenvalue weighted by Gasteiger charge is -2.33. The van der Waals surface area contributed by atoms with Gasteiger partial charge in [0.15, 0.2) is 0 Å². The molecule has 1 saturated heterocycles. The first-order chi connectivity index (χ1) is 13.2. The molecule has 4 heterocycles. The molecule has 0 unspecified atom stereocenters. The zero-order valence-corrected chi connectivity index (χ0v) is 17.9. The maximum Gasteiger partial charge on any atom is 0.273 e. The molecule has 150 valence electrons. The van der Waals surface area contributed by atoms with Crippen LogP contribution in [0.25, 0.3) is 0 Å². The SMILES string of the molecule is Cc1nc(C(=O)N2C[C@@H]3[C@@H](C2)N(C(C)C)S(=O)(=O)c2cccnc2N3C)cs1. The van der Waals surface area contributed by atoms with Gasteiger partial charge in [-0.2, -0.15) is 4.31 Å². The van der Waals surface area contributed by atoms with E-state index in [0.29, 0.717) is 24.6 Å². The van der Waals surface area contributed by atoms with Crippen molar-refractivity contribution in [3.63, 3.8) is 0 Å². The van der Waals surface area contributed by atoms with E-state index in [0.717, 1.165) is 5.01 Å². The fourth-order valence-electron chi connectivity index (χ4n) is 4.15. The topological polar surface area (TPSA) is 86.7 Å². The Labute approximate surface area is 168 Å². The molecule has 1 fully saturated rings. The maximum absolute atomic E-state index is 13.4. The van der Waals surface area contributed by atoms with Crippen molar-refractivity contribution in [2.24, 2.45) is 0 Å². The molecule has 2 aromatic heterocycles. The highest BCUT2D eigenvalue weighted by Crippen LogP contribution is 2.37. The van der Waals surface area contributed by atoms with Gasteiger partial charge in [-0.25, -0.2) is 18.4 Å². The molecule has 10 heteroatoms. The lowest BCUT2D eigenvalue weighted by molar-refractivity contribution is 0.0776. The van der Waals surface area contributed by atoms with Gasteiger partial charge in [-0.05, 0) is 32.9 Å². The fraction of sp³-hybridized carbons (Fsp3) is 0.500. The van der Waals surface area contributed by atoms with E-state index in [1.54, 1.807) is 32.9 Å². The average Bonchev–Trinajstić information content (AvgIpc) is 3.25. The van der Waals surface area contributed by atoms with Gasteiger partial charge in [0.2, 0.25) is 10.0 Å². The van der Waals surface area contributed by atoms with E-state index in [2.05, 4.69) is 9.97 Å². The number of rotatable bonds is 2. The van der Waals surface area contributed by atoms with Crippen LogP contribution in [0.15, 0.2) is 28.6 Å². The van der Waals surface area contributed by atoms with Crippen LogP contribution in [0.1, 0.15) is 29.3 Å². The van der Waals surface area contributed by atoms with Crippen molar-refractivity contribution < 1.29 is 13.2 Å². The number of amides is 1. The molecule has 0 aromatic carbocycles. The summed E-state index contributed by atoms with van der Waals surface area (Å²) in [5, 5.41) is 2.59. The van der Waals surface area contributed by atoms with E-state index in [4.69, 9.17) is 0 Å². The highest BCUT2D eigenvalue weighted by molar-refractivity contribution is 7.89. The second-order valence-corrected chi connectivity index (χ2v) is 10.3. The van der Waals surface area contributed by atoms with Gasteiger partial charge < -0.3 is 9.80 Å². The molecule has 0 radical (unpaired) electrons. The van der Waals surface area contributed by atoms with Crippen LogP contribution in [0.3, 0.4) is 0 Å². The number of hydrogen-bond donors (Lipinski definition) is 0. The molecular formula is C18H23N5O3S2. The molecule has 2 aliphatic heterocycles. The predicted molar refractivity (Wildman–Crippen MR) is 107 cm³/mol. The number of pyridine rings is 1. The summed E-state index contributed by atoms with van der Waals surface area (Å²) in [5.74, 6) is 0.271. The zero-order valence-electron chi connectivity index (χ0n) is 16.2. The summed E-state index contributed by atoms with van der Waals surface area (Å²) in [7, 11) is -1.89. The molecular weight excluding hydrogens is 398 g/mol. The van der Waals surface area contributed by atoms with Crippen LogP contribution in [-0.4, -0.2) is 71.8 Å². The van der Waals surface area contributed by atoms with Crippen LogP contribution in [-0.2, 0) is 10.0 Å². The minimum absolute atomic E-state index is 0.159. The fourth-order valence-corrected chi connectivity index (χ4v) is 6.76. The van der Waals surface area contributed by atoms with Crippen molar-refractivity contribution in [1.82, 2.24) is 19.2 Å². The van der Waals surface area contributed by atoms with Gasteiger partial charge in [-0.15, -0.1) is 11.3 Å². The number of nitrogens with zero attached hydrogens (tertiary/aromatic N) is 5. The van der Waals surface area contributed by atoms with Gasteiger partial charge >= 0.3 is 0 Å². The number of thiazole rings is 1. The minimum Gasteiger partial charge on any atom is -0.352 e. The standard InChI is InChI=1S/C18H23N5O3S2/c1-11(2)23-15-9-22(18(24)13-10-27-12(3)20-13)8-14(15)21(4)17-16(28(23,25)26)6-5-7-19-17/h5-7,10-11,14-15H,8-9H2,1-4H3/t14-,15-/m1/s1. The second-order valence-electron chi connectivity index (χ2n) is 7.46. The van der Waals surface area contributed by atoms with Gasteiger partial charge in [0.25, 0.3) is 5.91 Å². The largest absolute Gasteiger partial charge is 0.352 e. The first kappa shape index (κ1) is 19.3. The number of carbonyl (C=O) groups is 1. The van der Waals surface area contributed by atoms with Crippen molar-refractivity contribution in [2.45, 2.75) is 43.8 Å². The van der Waals surface area contributed by atoms with Crippen molar-refractivity contribution in [3.8, 4) is 0 Å². The van der Waals surface area contributed by atoms with Gasteiger partial charge in [0.1, 0.15) is 16.4 Å². The van der Waals surface area contributed by atoms with E-state index in [1.807, 2.05) is 32.7 Å². The highest BCUT2D eigenvalue weighted by atomic mass is 32.2. The summed E-state index contributed by atoms with van der Waals surface area (Å²) >= 11 is 1.43. The summed E-state index contributed by atoms with van der Waals surface area (Å²) < 4.78 is 28.4. The van der Waals surface area contributed by atoms with E-state index >= 15 is 0 Å². The smallest absolute Gasteiger partial charge is 0.273 e. The van der Waals surface area contributed by atoms with Gasteiger partial charge in [0, 0.05) is 37.8 Å². The predicted octanol–water partition coefficient (Wildman–Crippen LogP) is 1.59. The Bertz CT molecular complexity index is 1020. The number of anilines is 1. The third-order valence-corrected chi connectivity index (χ3v) is 8.25. The molecule has 2 atom stereocenters. The number of aryl methyl sites for hydroxylation is 1. The number of aromatic nitrogens is 2. The number of fused-ring (bicyclic) bond motifs is 2. The van der Waals surface area contributed by atoms with E-state index in [1.165, 1.54) is 11.3 Å². The Morgan fingerprint density at radius 1 is 1.29 bits per heavy atom. The first-order valence-corrected chi connectivity index (χ1v) is 11.5. The minimum atomic E-state index is -3.74. The van der Waals surface area contributed by atoms with Crippen molar-refractivity contribution >= 4 is 33.1 Å². The molecule has 2 aromatic rings. The van der Waals surface area contributed by atoms with E-state index < -0.39 is 10.0 Å². The highest BCUT2D eigenvalue weighted by Gasteiger charge is 2.50. The molecule has 4 rings (SSSR count). The van der Waals surface area contributed by atoms with Crippen LogP contribution in [0.5, 0.6) is 0 Å². The number of likely N-dealkylation sites (tertiary alicyclic amines) is 1. The summed E-state index contributed by atoms with van der Waals surface area (Å²) in [6.07, 6.45) is 1.60. The molecule has 8 nitrogen and oxygen atoms in total. The summed E-state index contributed by atoms with van der Waals surface area (Å²) in [5.41, 5.74) is 0.416. The van der Waals surface area contributed by atoms with E-state index in [9.17, 15) is 13.2 Å². The van der Waals surface area contributed by atoms with Crippen molar-refractivity contribution in [2.75, 3.05) is 25.0 Å². The Morgan fingerprint density at radius 2 is 2.00 bits per heavy atom. The third-order valence-electron chi connectivity index (χ3n) is 5.36. The molecule has 0 aliphatic carbocycles. The molecule has 0 spiro atoms. The van der Waals surface area contributed by atoms with Crippen molar-refractivity contribution in [3.05, 3.63) is 34.4 Å². The maximum atomic E-state index is 13.4. The normalized spacial score (nSPS) is 24.2. The Kier molecular flexibility index (Phi) is 4.67. The molecule has 0 saturated carbocycles. The molecule has 2 aliphatic rings. The average molecular weight is 422 g/mol. The van der Waals surface area contributed by atoms with Crippen LogP contribution in [0.2, 0.25) is 0 Å². The lowest BCUT2D eigenvalue weighted by Crippen LogP contribution is -2.52. The zero-order chi connectivity index (χ0) is 20.2. The van der Waals surface area contributed by atoms with Crippen LogP contribution >= 0.6 is 11.3 Å². The Hall–Kier alpha value is -2.04. The molecule has 0 N–H and O–H groups in total. The summed E-state index contributed by atoms with van der Waals surface area (Å²) in [6, 6.07) is 2.47. The number of sulfonamides is 1. The number of carbonyl (C=O) groups excluding carboxylic acids is 1. The summed E-state index contributed by atoms with van der Waals surface area (Å²) in [6.45, 7) is 6.34. The quantitative estimate of drug-likeness (QED) is 0.732. The van der Waals surface area contributed by atoms with Crippen LogP contribution in [0.4, 0.5) is 5.82 Å². The van der Waals surface area contributed by atoms with E-state index in [-0.39, 0.29) is 28.9 Å². The Morgan fingerprint density at radius 3 is 2.64 bits per heavy atom. The first-order valence-electron chi connectivity index (χ1n) is 9.14. The van der Waals surface area contributed by atoms with Gasteiger partial charge in [-0.3, -0.25) is 4.79 Å². The lowest BCUT2D eigenvalue weighted by atomic mass is 10.1. The number of likely N-dealkylation sites (N-methyl/N-ethyl adjacent to an activating group) is 1. The van der Waals surface area contributed by atoms with Gasteiger partial charge in [-0.1, -0.05) is 0 Å². The third kappa shape index (κ3) is 2.90. The second kappa shape index (κ2) is 6.78. The Balaban J connectivity index is 1.77. The molecule has 28 heavy (non-hydrogen) atoms. The monoisotopic (exact) mass is 421 g/mol. The van der Waals surface area contributed by atoms with Crippen LogP contribution in [0, 0.1) is 6.92 Å². The van der Waals surface area contributed by atoms with Crippen molar-refractivity contribution in [1.29, 1.82) is 0 Å². The molecule has 1 amide bonds. The van der Waals surface area contributed by atoms with Gasteiger partial charge in [0.05, 0.1) is 17.1 Å². The number of hydrogen-bond acceptors (Lipinski definition) is 7. The summed E-state index contributed by atoms with van der Waals surface area (Å²) in [4.78, 5) is 25.4.